The van der Waals surface area contributed by atoms with Crippen molar-refractivity contribution >= 4 is 16.2 Å². The van der Waals surface area contributed by atoms with Crippen LogP contribution in [0.1, 0.15) is 13.3 Å². The Morgan fingerprint density at radius 3 is 2.53 bits per heavy atom. The standard InChI is InChI=1S/C7H16N2O5S/c1-3-4-8-15(12,13)9-6(5-14-2)7(10)11/h6,8-9H,3-5H2,1-2H3,(H,10,11). The molecule has 0 aliphatic carbocycles. The second-order valence-electron chi connectivity index (χ2n) is 2.86. The summed E-state index contributed by atoms with van der Waals surface area (Å²) in [6.45, 7) is 1.84. The molecule has 0 fully saturated rings. The number of hydrogen-bond donors (Lipinski definition) is 3. The van der Waals surface area contributed by atoms with E-state index in [0.717, 1.165) is 0 Å². The molecule has 0 aromatic heterocycles. The molecule has 0 saturated heterocycles. The van der Waals surface area contributed by atoms with Crippen molar-refractivity contribution in [3.8, 4) is 0 Å². The van der Waals surface area contributed by atoms with Crippen LogP contribution in [0.5, 0.6) is 0 Å². The van der Waals surface area contributed by atoms with Gasteiger partial charge in [-0.15, -0.1) is 0 Å². The Labute approximate surface area is 89.0 Å². The fraction of sp³-hybridized carbons (Fsp3) is 0.857. The quantitative estimate of drug-likeness (QED) is 0.500. The maximum Gasteiger partial charge on any atom is 0.324 e. The average molecular weight is 240 g/mol. The van der Waals surface area contributed by atoms with Gasteiger partial charge in [-0.05, 0) is 6.42 Å². The SMILES string of the molecule is CCCNS(=O)(=O)NC(COC)C(=O)O. The van der Waals surface area contributed by atoms with Crippen LogP contribution in [0.3, 0.4) is 0 Å². The number of carboxylic acids is 1. The highest BCUT2D eigenvalue weighted by Gasteiger charge is 2.23. The molecule has 0 amide bonds. The second kappa shape index (κ2) is 6.72. The molecule has 0 saturated carbocycles. The van der Waals surface area contributed by atoms with Crippen LogP contribution >= 0.6 is 0 Å². The zero-order valence-corrected chi connectivity index (χ0v) is 9.50. The van der Waals surface area contributed by atoms with Gasteiger partial charge in [0.15, 0.2) is 0 Å². The molecule has 0 bridgehead atoms. The molecular weight excluding hydrogens is 224 g/mol. The summed E-state index contributed by atoms with van der Waals surface area (Å²) < 4.78 is 31.2. The fourth-order valence-electron chi connectivity index (χ4n) is 0.788. The molecule has 7 nitrogen and oxygen atoms in total. The molecule has 0 spiro atoms. The molecule has 1 unspecified atom stereocenters. The third-order valence-corrected chi connectivity index (χ3v) is 2.65. The summed E-state index contributed by atoms with van der Waals surface area (Å²) >= 11 is 0. The summed E-state index contributed by atoms with van der Waals surface area (Å²) in [7, 11) is -2.48. The molecular formula is C7H16N2O5S. The largest absolute Gasteiger partial charge is 0.480 e. The fourth-order valence-corrected chi connectivity index (χ4v) is 1.89. The lowest BCUT2D eigenvalue weighted by Gasteiger charge is -2.13. The van der Waals surface area contributed by atoms with E-state index in [9.17, 15) is 13.2 Å². The third kappa shape index (κ3) is 6.39. The van der Waals surface area contributed by atoms with E-state index in [1.807, 2.05) is 4.72 Å². The van der Waals surface area contributed by atoms with Crippen molar-refractivity contribution in [2.75, 3.05) is 20.3 Å². The van der Waals surface area contributed by atoms with E-state index in [4.69, 9.17) is 5.11 Å². The number of carboxylic acid groups (broad SMARTS) is 1. The first-order chi connectivity index (χ1) is 6.93. The lowest BCUT2D eigenvalue weighted by molar-refractivity contribution is -0.140. The molecule has 0 aliphatic rings. The normalized spacial score (nSPS) is 13.7. The monoisotopic (exact) mass is 240 g/mol. The van der Waals surface area contributed by atoms with Crippen molar-refractivity contribution in [3.05, 3.63) is 0 Å². The van der Waals surface area contributed by atoms with Crippen LogP contribution in [0.25, 0.3) is 0 Å². The predicted octanol–water partition coefficient (Wildman–Crippen LogP) is -1.08. The van der Waals surface area contributed by atoms with Gasteiger partial charge >= 0.3 is 5.97 Å². The van der Waals surface area contributed by atoms with Crippen LogP contribution in [0, 0.1) is 0 Å². The zero-order chi connectivity index (χ0) is 11.9. The molecule has 8 heteroatoms. The van der Waals surface area contributed by atoms with Crippen molar-refractivity contribution in [3.63, 3.8) is 0 Å². The van der Waals surface area contributed by atoms with Crippen LogP contribution < -0.4 is 9.44 Å². The summed E-state index contributed by atoms with van der Waals surface area (Å²) in [4.78, 5) is 10.6. The smallest absolute Gasteiger partial charge is 0.324 e. The predicted molar refractivity (Wildman–Crippen MR) is 53.6 cm³/mol. The summed E-state index contributed by atoms with van der Waals surface area (Å²) in [5.74, 6) is -1.28. The van der Waals surface area contributed by atoms with E-state index in [-0.39, 0.29) is 13.2 Å². The van der Waals surface area contributed by atoms with Crippen molar-refractivity contribution in [1.82, 2.24) is 9.44 Å². The summed E-state index contributed by atoms with van der Waals surface area (Å²) in [6, 6.07) is -1.27. The minimum absolute atomic E-state index is 0.220. The van der Waals surface area contributed by atoms with Gasteiger partial charge in [0.2, 0.25) is 0 Å². The van der Waals surface area contributed by atoms with Crippen molar-refractivity contribution in [2.24, 2.45) is 0 Å². The minimum Gasteiger partial charge on any atom is -0.480 e. The van der Waals surface area contributed by atoms with Crippen molar-refractivity contribution in [1.29, 1.82) is 0 Å². The van der Waals surface area contributed by atoms with Gasteiger partial charge in [0, 0.05) is 13.7 Å². The number of aliphatic carboxylic acids is 1. The minimum atomic E-state index is -3.77. The van der Waals surface area contributed by atoms with E-state index in [1.165, 1.54) is 7.11 Å². The number of hydrogen-bond acceptors (Lipinski definition) is 4. The molecule has 90 valence electrons. The van der Waals surface area contributed by atoms with Gasteiger partial charge in [-0.3, -0.25) is 4.79 Å². The van der Waals surface area contributed by atoms with Crippen molar-refractivity contribution < 1.29 is 23.1 Å². The summed E-state index contributed by atoms with van der Waals surface area (Å²) in [5.41, 5.74) is 0. The highest BCUT2D eigenvalue weighted by Crippen LogP contribution is 1.89. The molecule has 0 rings (SSSR count). The first-order valence-corrected chi connectivity index (χ1v) is 5.90. The van der Waals surface area contributed by atoms with Crippen LogP contribution in [0.15, 0.2) is 0 Å². The molecule has 0 aromatic rings. The Balaban J connectivity index is 4.32. The summed E-state index contributed by atoms with van der Waals surface area (Å²) in [5, 5.41) is 8.66. The molecule has 1 atom stereocenters. The molecule has 15 heavy (non-hydrogen) atoms. The number of methoxy groups -OCH3 is 1. The van der Waals surface area contributed by atoms with E-state index in [0.29, 0.717) is 6.42 Å². The maximum absolute atomic E-state index is 11.2. The Bertz CT molecular complexity index is 290. The highest BCUT2D eigenvalue weighted by atomic mass is 32.2. The Hall–Kier alpha value is -0.700. The Kier molecular flexibility index (Phi) is 6.41. The average Bonchev–Trinajstić information content (AvgIpc) is 2.14. The van der Waals surface area contributed by atoms with E-state index < -0.39 is 22.2 Å². The van der Waals surface area contributed by atoms with Gasteiger partial charge in [0.1, 0.15) is 6.04 Å². The maximum atomic E-state index is 11.2. The number of nitrogens with one attached hydrogen (secondary N) is 2. The van der Waals surface area contributed by atoms with Gasteiger partial charge < -0.3 is 9.84 Å². The van der Waals surface area contributed by atoms with Gasteiger partial charge in [0.25, 0.3) is 10.2 Å². The number of ether oxygens (including phenoxy) is 1. The topological polar surface area (TPSA) is 105 Å². The van der Waals surface area contributed by atoms with E-state index >= 15 is 0 Å². The van der Waals surface area contributed by atoms with E-state index in [2.05, 4.69) is 9.46 Å². The lowest BCUT2D eigenvalue weighted by atomic mass is 10.3. The highest BCUT2D eigenvalue weighted by molar-refractivity contribution is 7.87. The second-order valence-corrected chi connectivity index (χ2v) is 4.39. The van der Waals surface area contributed by atoms with E-state index in [1.54, 1.807) is 6.92 Å². The van der Waals surface area contributed by atoms with Crippen LogP contribution in [-0.2, 0) is 19.7 Å². The lowest BCUT2D eigenvalue weighted by Crippen LogP contribution is -2.48. The Morgan fingerprint density at radius 2 is 2.13 bits per heavy atom. The third-order valence-electron chi connectivity index (χ3n) is 1.47. The molecule has 0 aliphatic heterocycles. The first kappa shape index (κ1) is 14.3. The summed E-state index contributed by atoms with van der Waals surface area (Å²) in [6.07, 6.45) is 0.628. The Morgan fingerprint density at radius 1 is 1.53 bits per heavy atom. The zero-order valence-electron chi connectivity index (χ0n) is 8.69. The van der Waals surface area contributed by atoms with Gasteiger partial charge in [-0.2, -0.15) is 13.1 Å². The van der Waals surface area contributed by atoms with Gasteiger partial charge in [0.05, 0.1) is 6.61 Å². The molecule has 3 N–H and O–H groups in total. The molecule has 0 radical (unpaired) electrons. The van der Waals surface area contributed by atoms with Crippen molar-refractivity contribution in [2.45, 2.75) is 19.4 Å². The van der Waals surface area contributed by atoms with Crippen LogP contribution in [-0.4, -0.2) is 45.8 Å². The molecule has 0 heterocycles. The van der Waals surface area contributed by atoms with Gasteiger partial charge in [-0.1, -0.05) is 6.92 Å². The van der Waals surface area contributed by atoms with Crippen LogP contribution in [0.4, 0.5) is 0 Å². The first-order valence-electron chi connectivity index (χ1n) is 4.41. The van der Waals surface area contributed by atoms with Gasteiger partial charge in [-0.25, -0.2) is 4.72 Å². The van der Waals surface area contributed by atoms with Crippen LogP contribution in [0.2, 0.25) is 0 Å². The number of rotatable bonds is 8. The molecule has 0 aromatic carbocycles. The number of carbonyl (C=O) groups is 1.